The predicted octanol–water partition coefficient (Wildman–Crippen LogP) is 5.68. The first-order valence-electron chi connectivity index (χ1n) is 10.3. The van der Waals surface area contributed by atoms with Crippen LogP contribution in [0.15, 0.2) is 78.0 Å². The molecule has 3 aromatic carbocycles. The van der Waals surface area contributed by atoms with Crippen LogP contribution in [0, 0.1) is 6.92 Å². The van der Waals surface area contributed by atoms with Gasteiger partial charge in [0.15, 0.2) is 5.78 Å². The highest BCUT2D eigenvalue weighted by Gasteiger charge is 2.39. The third kappa shape index (κ3) is 3.07. The highest BCUT2D eigenvalue weighted by atomic mass is 16.2. The van der Waals surface area contributed by atoms with Crippen molar-refractivity contribution < 1.29 is 9.59 Å². The Labute approximate surface area is 170 Å². The Bertz CT molecular complexity index is 1170. The topological polar surface area (TPSA) is 37.4 Å². The van der Waals surface area contributed by atoms with Crippen molar-refractivity contribution in [1.29, 1.82) is 0 Å². The van der Waals surface area contributed by atoms with E-state index in [2.05, 4.69) is 30.3 Å². The molecule has 0 saturated carbocycles. The van der Waals surface area contributed by atoms with E-state index in [0.717, 1.165) is 46.3 Å². The van der Waals surface area contributed by atoms with Crippen LogP contribution < -0.4 is 4.90 Å². The van der Waals surface area contributed by atoms with Crippen LogP contribution in [-0.2, 0) is 9.59 Å². The number of aryl methyl sites for hydroxylation is 1. The number of carbonyl (C=O) groups is 2. The average Bonchev–Trinajstić information content (AvgIpc) is 2.73. The molecule has 0 fully saturated rings. The third-order valence-corrected chi connectivity index (χ3v) is 6.11. The van der Waals surface area contributed by atoms with Gasteiger partial charge in [-0.05, 0) is 53.8 Å². The fourth-order valence-corrected chi connectivity index (χ4v) is 4.77. The van der Waals surface area contributed by atoms with Crippen molar-refractivity contribution >= 4 is 28.2 Å². The summed E-state index contributed by atoms with van der Waals surface area (Å²) in [7, 11) is 0. The van der Waals surface area contributed by atoms with Crippen LogP contribution in [0.3, 0.4) is 0 Å². The van der Waals surface area contributed by atoms with Gasteiger partial charge in [-0.2, -0.15) is 0 Å². The second-order valence-corrected chi connectivity index (χ2v) is 8.07. The monoisotopic (exact) mass is 381 g/mol. The van der Waals surface area contributed by atoms with Crippen molar-refractivity contribution in [1.82, 2.24) is 0 Å². The van der Waals surface area contributed by atoms with Crippen molar-refractivity contribution in [3.63, 3.8) is 0 Å². The Balaban J connectivity index is 1.66. The Morgan fingerprint density at radius 2 is 1.69 bits per heavy atom. The highest BCUT2D eigenvalue weighted by Crippen LogP contribution is 2.43. The van der Waals surface area contributed by atoms with E-state index in [9.17, 15) is 9.59 Å². The van der Waals surface area contributed by atoms with Gasteiger partial charge in [0.25, 0.3) is 0 Å². The SMILES string of the molecule is Cc1cccc(N2C(=O)CC(c3ccc4ccccc4c3)C3=C2CCCC3=O)c1. The van der Waals surface area contributed by atoms with Gasteiger partial charge in [0.05, 0.1) is 0 Å². The number of benzene rings is 3. The van der Waals surface area contributed by atoms with Crippen LogP contribution in [0.1, 0.15) is 42.7 Å². The minimum atomic E-state index is -0.157. The maximum atomic E-state index is 13.3. The molecule has 0 bridgehead atoms. The lowest BCUT2D eigenvalue weighted by Crippen LogP contribution is -2.40. The summed E-state index contributed by atoms with van der Waals surface area (Å²) in [6.07, 6.45) is 2.47. The Kier molecular flexibility index (Phi) is 4.31. The second kappa shape index (κ2) is 7.00. The average molecular weight is 381 g/mol. The summed E-state index contributed by atoms with van der Waals surface area (Å²) in [4.78, 5) is 28.1. The molecule has 3 nitrogen and oxygen atoms in total. The zero-order valence-corrected chi connectivity index (χ0v) is 16.5. The fourth-order valence-electron chi connectivity index (χ4n) is 4.77. The number of ketones is 1. The number of amides is 1. The van der Waals surface area contributed by atoms with E-state index in [-0.39, 0.29) is 17.6 Å². The van der Waals surface area contributed by atoms with E-state index < -0.39 is 0 Å². The number of hydrogen-bond donors (Lipinski definition) is 0. The van der Waals surface area contributed by atoms with Crippen LogP contribution in [0.25, 0.3) is 10.8 Å². The standard InChI is InChI=1S/C26H23NO2/c1-17-6-4-9-21(14-17)27-23-10-5-11-24(28)26(23)22(16-25(27)29)20-13-12-18-7-2-3-8-19(18)15-20/h2-4,6-9,12-15,22H,5,10-11,16H2,1H3. The van der Waals surface area contributed by atoms with Gasteiger partial charge >= 0.3 is 0 Å². The largest absolute Gasteiger partial charge is 0.294 e. The molecule has 1 aliphatic heterocycles. The molecule has 0 aromatic heterocycles. The predicted molar refractivity (Wildman–Crippen MR) is 116 cm³/mol. The lowest BCUT2D eigenvalue weighted by Gasteiger charge is -2.38. The van der Waals surface area contributed by atoms with Gasteiger partial charge in [0.2, 0.25) is 5.91 Å². The second-order valence-electron chi connectivity index (χ2n) is 8.07. The lowest BCUT2D eigenvalue weighted by atomic mass is 9.77. The van der Waals surface area contributed by atoms with Crippen molar-refractivity contribution in [2.24, 2.45) is 0 Å². The number of allylic oxidation sites excluding steroid dienone is 2. The van der Waals surface area contributed by atoms with E-state index in [1.165, 1.54) is 5.39 Å². The molecule has 2 aliphatic rings. The molecule has 144 valence electrons. The first-order valence-corrected chi connectivity index (χ1v) is 10.3. The lowest BCUT2D eigenvalue weighted by molar-refractivity contribution is -0.119. The summed E-state index contributed by atoms with van der Waals surface area (Å²) in [5.41, 5.74) is 4.78. The van der Waals surface area contributed by atoms with Gasteiger partial charge in [-0.15, -0.1) is 0 Å². The molecule has 0 saturated heterocycles. The summed E-state index contributed by atoms with van der Waals surface area (Å²) in [6.45, 7) is 2.02. The summed E-state index contributed by atoms with van der Waals surface area (Å²) < 4.78 is 0. The molecule has 1 heterocycles. The molecule has 3 aromatic rings. The van der Waals surface area contributed by atoms with Gasteiger partial charge in [-0.25, -0.2) is 0 Å². The van der Waals surface area contributed by atoms with Crippen LogP contribution >= 0.6 is 0 Å². The number of hydrogen-bond acceptors (Lipinski definition) is 2. The van der Waals surface area contributed by atoms with E-state index in [1.807, 2.05) is 43.3 Å². The number of fused-ring (bicyclic) bond motifs is 1. The van der Waals surface area contributed by atoms with E-state index in [0.29, 0.717) is 12.8 Å². The van der Waals surface area contributed by atoms with Gasteiger partial charge in [0.1, 0.15) is 0 Å². The maximum Gasteiger partial charge on any atom is 0.232 e. The van der Waals surface area contributed by atoms with Gasteiger partial charge in [0, 0.05) is 35.7 Å². The normalized spacial score (nSPS) is 19.6. The van der Waals surface area contributed by atoms with Gasteiger partial charge in [-0.3, -0.25) is 14.5 Å². The van der Waals surface area contributed by atoms with E-state index in [4.69, 9.17) is 0 Å². The minimum absolute atomic E-state index is 0.0715. The smallest absolute Gasteiger partial charge is 0.232 e. The summed E-state index contributed by atoms with van der Waals surface area (Å²) >= 11 is 0. The summed E-state index contributed by atoms with van der Waals surface area (Å²) in [5.74, 6) is 0.104. The number of nitrogens with zero attached hydrogens (tertiary/aromatic N) is 1. The zero-order chi connectivity index (χ0) is 20.0. The Hall–Kier alpha value is -3.20. The third-order valence-electron chi connectivity index (χ3n) is 6.11. The van der Waals surface area contributed by atoms with Gasteiger partial charge < -0.3 is 0 Å². The molecular formula is C26H23NO2. The molecule has 29 heavy (non-hydrogen) atoms. The molecular weight excluding hydrogens is 358 g/mol. The molecule has 1 unspecified atom stereocenters. The summed E-state index contributed by atoms with van der Waals surface area (Å²) in [6, 6.07) is 22.5. The quantitative estimate of drug-likeness (QED) is 0.573. The maximum absolute atomic E-state index is 13.3. The molecule has 0 radical (unpaired) electrons. The number of carbonyl (C=O) groups excluding carboxylic acids is 2. The van der Waals surface area contributed by atoms with Crippen molar-refractivity contribution in [2.45, 2.75) is 38.5 Å². The first-order chi connectivity index (χ1) is 14.1. The molecule has 1 aliphatic carbocycles. The van der Waals surface area contributed by atoms with Crippen LogP contribution in [-0.4, -0.2) is 11.7 Å². The first kappa shape index (κ1) is 17.9. The fraction of sp³-hybridized carbons (Fsp3) is 0.231. The van der Waals surface area contributed by atoms with Crippen molar-refractivity contribution in [2.75, 3.05) is 4.90 Å². The van der Waals surface area contributed by atoms with E-state index >= 15 is 0 Å². The highest BCUT2D eigenvalue weighted by molar-refractivity contribution is 6.07. The molecule has 5 rings (SSSR count). The van der Waals surface area contributed by atoms with Crippen LogP contribution in [0.2, 0.25) is 0 Å². The molecule has 1 amide bonds. The number of Topliss-reactive ketones (excluding diaryl/α,β-unsaturated/α-hetero) is 1. The van der Waals surface area contributed by atoms with Crippen LogP contribution in [0.5, 0.6) is 0 Å². The molecule has 3 heteroatoms. The van der Waals surface area contributed by atoms with E-state index in [1.54, 1.807) is 4.90 Å². The molecule has 0 N–H and O–H groups in total. The number of anilines is 1. The van der Waals surface area contributed by atoms with Gasteiger partial charge in [-0.1, -0.05) is 54.6 Å². The zero-order valence-electron chi connectivity index (χ0n) is 16.5. The number of rotatable bonds is 2. The molecule has 0 spiro atoms. The molecule has 1 atom stereocenters. The van der Waals surface area contributed by atoms with Crippen molar-refractivity contribution in [3.8, 4) is 0 Å². The van der Waals surface area contributed by atoms with Crippen LogP contribution in [0.4, 0.5) is 5.69 Å². The Morgan fingerprint density at radius 3 is 2.52 bits per heavy atom. The Morgan fingerprint density at radius 1 is 0.862 bits per heavy atom. The van der Waals surface area contributed by atoms with Crippen molar-refractivity contribution in [3.05, 3.63) is 89.1 Å². The minimum Gasteiger partial charge on any atom is -0.294 e. The summed E-state index contributed by atoms with van der Waals surface area (Å²) in [5, 5.41) is 2.31.